The molecular weight excluding hydrogens is 370 g/mol. The molecule has 1 unspecified atom stereocenters. The number of benzene rings is 2. The van der Waals surface area contributed by atoms with E-state index >= 15 is 0 Å². The van der Waals surface area contributed by atoms with Gasteiger partial charge in [0.1, 0.15) is 5.75 Å². The van der Waals surface area contributed by atoms with E-state index in [9.17, 15) is 0 Å². The van der Waals surface area contributed by atoms with Gasteiger partial charge in [0.05, 0.1) is 29.5 Å². The van der Waals surface area contributed by atoms with Crippen molar-refractivity contribution in [2.75, 3.05) is 25.5 Å². The number of nitrogens with zero attached hydrogens (tertiary/aromatic N) is 2. The Morgan fingerprint density at radius 3 is 2.43 bits per heavy atom. The average Bonchev–Trinajstić information content (AvgIpc) is 2.68. The molecule has 5 heteroatoms. The molecule has 0 fully saturated rings. The summed E-state index contributed by atoms with van der Waals surface area (Å²) in [6.45, 7) is 10.9. The summed E-state index contributed by atoms with van der Waals surface area (Å²) in [5, 5.41) is 6.72. The van der Waals surface area contributed by atoms with E-state index in [1.165, 1.54) is 0 Å². The van der Waals surface area contributed by atoms with Crippen LogP contribution in [-0.2, 0) is 0 Å². The zero-order valence-electron chi connectivity index (χ0n) is 17.5. The second-order valence-corrected chi connectivity index (χ2v) is 7.79. The van der Waals surface area contributed by atoms with Gasteiger partial charge in [0.15, 0.2) is 0 Å². The Balaban J connectivity index is 2.28. The molecule has 150 valence electrons. The third kappa shape index (κ3) is 3.89. The number of nitrogens with one attached hydrogen (secondary N) is 1. The summed E-state index contributed by atoms with van der Waals surface area (Å²) < 4.78 is 5.49. The quantitative estimate of drug-likeness (QED) is 0.355. The molecule has 3 aromatic rings. The minimum atomic E-state index is -0.165. The number of hydrogen-bond acceptors (Lipinski definition) is 4. The first-order valence-corrected chi connectivity index (χ1v) is 10.4. The average molecular weight is 400 g/mol. The third-order valence-corrected chi connectivity index (χ3v) is 5.77. The number of pyridine rings is 1. The molecule has 3 rings (SSSR count). The van der Waals surface area contributed by atoms with Gasteiger partial charge in [-0.25, -0.2) is 4.98 Å². The highest BCUT2D eigenvalue weighted by atomic mass is 35.5. The van der Waals surface area contributed by atoms with Crippen LogP contribution in [0.25, 0.3) is 21.8 Å². The van der Waals surface area contributed by atoms with Crippen LogP contribution in [0, 0.1) is 0 Å². The molecule has 1 aromatic heterocycles. The van der Waals surface area contributed by atoms with Gasteiger partial charge in [0.2, 0.25) is 0 Å². The van der Waals surface area contributed by atoms with Gasteiger partial charge < -0.3 is 10.1 Å². The zero-order valence-corrected chi connectivity index (χ0v) is 18.2. The lowest BCUT2D eigenvalue weighted by Crippen LogP contribution is -2.52. The maximum atomic E-state index is 6.26. The van der Waals surface area contributed by atoms with Crippen LogP contribution in [0.1, 0.15) is 40.5 Å². The first kappa shape index (κ1) is 20.7. The summed E-state index contributed by atoms with van der Waals surface area (Å²) in [5.74, 6) is 0.825. The maximum Gasteiger partial charge on any atom is 0.119 e. The summed E-state index contributed by atoms with van der Waals surface area (Å²) in [7, 11) is 1.69. The number of halogens is 1. The van der Waals surface area contributed by atoms with Crippen LogP contribution in [0.2, 0.25) is 5.02 Å². The SMILES string of the molecule is CCCC(C)(Nc1c2ccc(Cl)cc2nc2ccc(OC)cc12)N(CC)CC. The van der Waals surface area contributed by atoms with Crippen molar-refractivity contribution in [1.82, 2.24) is 9.88 Å². The molecular formula is C23H30ClN3O. The van der Waals surface area contributed by atoms with Crippen molar-refractivity contribution in [3.63, 3.8) is 0 Å². The normalized spacial score (nSPS) is 13.8. The van der Waals surface area contributed by atoms with Gasteiger partial charge in [-0.05, 0) is 62.8 Å². The summed E-state index contributed by atoms with van der Waals surface area (Å²) in [6, 6.07) is 11.9. The Morgan fingerprint density at radius 1 is 1.04 bits per heavy atom. The van der Waals surface area contributed by atoms with Crippen LogP contribution in [0.4, 0.5) is 5.69 Å². The fraction of sp³-hybridized carbons (Fsp3) is 0.435. The first-order chi connectivity index (χ1) is 13.5. The molecule has 28 heavy (non-hydrogen) atoms. The fourth-order valence-corrected chi connectivity index (χ4v) is 4.30. The molecule has 0 aliphatic carbocycles. The molecule has 2 aromatic carbocycles. The Bertz CT molecular complexity index is 971. The predicted octanol–water partition coefficient (Wildman–Crippen LogP) is 6.32. The highest BCUT2D eigenvalue weighted by Crippen LogP contribution is 2.37. The van der Waals surface area contributed by atoms with E-state index in [1.54, 1.807) is 7.11 Å². The fourth-order valence-electron chi connectivity index (χ4n) is 4.14. The van der Waals surface area contributed by atoms with E-state index in [4.69, 9.17) is 21.3 Å². The van der Waals surface area contributed by atoms with Crippen molar-refractivity contribution in [2.45, 2.75) is 46.2 Å². The number of hydrogen-bond donors (Lipinski definition) is 1. The van der Waals surface area contributed by atoms with Crippen molar-refractivity contribution in [3.05, 3.63) is 41.4 Å². The summed E-state index contributed by atoms with van der Waals surface area (Å²) in [5.41, 5.74) is 2.74. The van der Waals surface area contributed by atoms with Crippen LogP contribution in [0.3, 0.4) is 0 Å². The van der Waals surface area contributed by atoms with E-state index in [0.717, 1.165) is 59.2 Å². The monoisotopic (exact) mass is 399 g/mol. The van der Waals surface area contributed by atoms with Crippen molar-refractivity contribution >= 4 is 39.1 Å². The third-order valence-electron chi connectivity index (χ3n) is 5.54. The van der Waals surface area contributed by atoms with Gasteiger partial charge in [0.25, 0.3) is 0 Å². The number of aromatic nitrogens is 1. The molecule has 0 saturated heterocycles. The van der Waals surface area contributed by atoms with Gasteiger partial charge in [0, 0.05) is 15.8 Å². The van der Waals surface area contributed by atoms with Gasteiger partial charge in [-0.15, -0.1) is 0 Å². The lowest BCUT2D eigenvalue weighted by Gasteiger charge is -2.42. The lowest BCUT2D eigenvalue weighted by atomic mass is 10.0. The van der Waals surface area contributed by atoms with Gasteiger partial charge >= 0.3 is 0 Å². The minimum Gasteiger partial charge on any atom is -0.497 e. The largest absolute Gasteiger partial charge is 0.497 e. The van der Waals surface area contributed by atoms with Crippen molar-refractivity contribution < 1.29 is 4.74 Å². The second-order valence-electron chi connectivity index (χ2n) is 7.35. The molecule has 0 amide bonds. The maximum absolute atomic E-state index is 6.26. The molecule has 0 bridgehead atoms. The lowest BCUT2D eigenvalue weighted by molar-refractivity contribution is 0.133. The Kier molecular flexibility index (Phi) is 6.31. The molecule has 0 aliphatic rings. The standard InChI is InChI=1S/C23H30ClN3O/c1-6-13-23(4,27(7-2)8-3)26-22-18-11-9-16(24)14-21(18)25-20-12-10-17(28-5)15-19(20)22/h9-12,14-15H,6-8,13H2,1-5H3,(H,25,26). The van der Waals surface area contributed by atoms with Crippen molar-refractivity contribution in [3.8, 4) is 5.75 Å². The molecule has 0 aliphatic heterocycles. The van der Waals surface area contributed by atoms with Crippen LogP contribution < -0.4 is 10.1 Å². The second kappa shape index (κ2) is 8.54. The van der Waals surface area contributed by atoms with E-state index in [-0.39, 0.29) is 5.66 Å². The number of fused-ring (bicyclic) bond motifs is 2. The summed E-state index contributed by atoms with van der Waals surface area (Å²) in [4.78, 5) is 7.32. The number of methoxy groups -OCH3 is 1. The van der Waals surface area contributed by atoms with E-state index in [0.29, 0.717) is 5.02 Å². The van der Waals surface area contributed by atoms with E-state index < -0.39 is 0 Å². The molecule has 1 heterocycles. The smallest absolute Gasteiger partial charge is 0.119 e. The molecule has 0 saturated carbocycles. The number of anilines is 1. The van der Waals surface area contributed by atoms with Crippen LogP contribution in [0.15, 0.2) is 36.4 Å². The van der Waals surface area contributed by atoms with Gasteiger partial charge in [-0.1, -0.05) is 38.8 Å². The first-order valence-electron chi connectivity index (χ1n) is 10.1. The molecule has 1 atom stereocenters. The predicted molar refractivity (Wildman–Crippen MR) is 121 cm³/mol. The zero-order chi connectivity index (χ0) is 20.3. The van der Waals surface area contributed by atoms with E-state index in [2.05, 4.69) is 50.0 Å². The Morgan fingerprint density at radius 2 is 1.79 bits per heavy atom. The van der Waals surface area contributed by atoms with E-state index in [1.807, 2.05) is 24.3 Å². The highest BCUT2D eigenvalue weighted by Gasteiger charge is 2.30. The van der Waals surface area contributed by atoms with Crippen LogP contribution in [-0.4, -0.2) is 35.7 Å². The Labute approximate surface area is 172 Å². The molecule has 0 spiro atoms. The molecule has 0 radical (unpaired) electrons. The molecule has 4 nitrogen and oxygen atoms in total. The highest BCUT2D eigenvalue weighted by molar-refractivity contribution is 6.31. The van der Waals surface area contributed by atoms with Gasteiger partial charge in [-0.2, -0.15) is 0 Å². The number of rotatable bonds is 8. The number of ether oxygens (including phenoxy) is 1. The summed E-state index contributed by atoms with van der Waals surface area (Å²) >= 11 is 6.26. The Hall–Kier alpha value is -2.04. The molecule has 1 N–H and O–H groups in total. The van der Waals surface area contributed by atoms with Crippen LogP contribution in [0.5, 0.6) is 5.75 Å². The minimum absolute atomic E-state index is 0.165. The summed E-state index contributed by atoms with van der Waals surface area (Å²) in [6.07, 6.45) is 2.13. The van der Waals surface area contributed by atoms with Crippen LogP contribution >= 0.6 is 11.6 Å². The van der Waals surface area contributed by atoms with Crippen molar-refractivity contribution in [2.24, 2.45) is 0 Å². The van der Waals surface area contributed by atoms with Gasteiger partial charge in [-0.3, -0.25) is 4.90 Å². The topological polar surface area (TPSA) is 37.4 Å². The van der Waals surface area contributed by atoms with Crippen molar-refractivity contribution in [1.29, 1.82) is 0 Å².